The highest BCUT2D eigenvalue weighted by Crippen LogP contribution is 2.68. The molecule has 8 heteroatoms. The molecule has 0 spiro atoms. The van der Waals surface area contributed by atoms with Crippen LogP contribution in [0.3, 0.4) is 0 Å². The van der Waals surface area contributed by atoms with Crippen LogP contribution in [0.25, 0.3) is 0 Å². The molecule has 0 radical (unpaired) electrons. The zero-order valence-corrected chi connectivity index (χ0v) is 26.7. The van der Waals surface area contributed by atoms with Gasteiger partial charge in [0.25, 0.3) is 0 Å². The Balaban J connectivity index is 1.29. The number of hydrogen-bond acceptors (Lipinski definition) is 7. The number of rotatable bonds is 9. The monoisotopic (exact) mass is 589 g/mol. The predicted molar refractivity (Wildman–Crippen MR) is 160 cm³/mol. The van der Waals surface area contributed by atoms with Gasteiger partial charge < -0.3 is 19.7 Å². The molecule has 4 unspecified atom stereocenters. The molecule has 4 aliphatic carbocycles. The van der Waals surface area contributed by atoms with Crippen LogP contribution >= 0.6 is 0 Å². The molecular weight excluding hydrogens is 534 g/mol. The van der Waals surface area contributed by atoms with E-state index < -0.39 is 24.0 Å². The Morgan fingerprint density at radius 3 is 2.60 bits per heavy atom. The number of carbonyl (C=O) groups is 1. The topological polar surface area (TPSA) is 119 Å². The van der Waals surface area contributed by atoms with Crippen LogP contribution in [0.5, 0.6) is 0 Å². The maximum Gasteiger partial charge on any atom is 0.220 e. The fourth-order valence-corrected chi connectivity index (χ4v) is 10.5. The number of Topliss-reactive ketones (excluding diaryl/α,β-unsaturated/α-hetero) is 1. The van der Waals surface area contributed by atoms with Gasteiger partial charge in [0.2, 0.25) is 6.04 Å². The van der Waals surface area contributed by atoms with Gasteiger partial charge in [0.05, 0.1) is 30.8 Å². The maximum atomic E-state index is 14.3. The number of hydrogen-bond donors (Lipinski definition) is 2. The van der Waals surface area contributed by atoms with Crippen molar-refractivity contribution in [3.8, 4) is 0 Å². The van der Waals surface area contributed by atoms with Crippen LogP contribution in [-0.4, -0.2) is 57.7 Å². The predicted octanol–water partition coefficient (Wildman–Crippen LogP) is 6.10. The van der Waals surface area contributed by atoms with Gasteiger partial charge in [-0.15, -0.1) is 0 Å². The second-order valence-electron chi connectivity index (χ2n) is 15.8. The van der Waals surface area contributed by atoms with Crippen LogP contribution in [0, 0.1) is 56.5 Å². The summed E-state index contributed by atoms with van der Waals surface area (Å²) < 4.78 is 12.3. The lowest BCUT2D eigenvalue weighted by molar-refractivity contribution is -0.538. The van der Waals surface area contributed by atoms with E-state index in [4.69, 9.17) is 9.47 Å². The molecule has 5 rings (SSSR count). The summed E-state index contributed by atoms with van der Waals surface area (Å²) in [6.07, 6.45) is 10.1. The van der Waals surface area contributed by atoms with Crippen LogP contribution in [-0.2, 0) is 14.3 Å². The molecule has 0 aromatic rings. The summed E-state index contributed by atoms with van der Waals surface area (Å²) in [5.74, 6) is 2.78. The first kappa shape index (κ1) is 32.1. The Kier molecular flexibility index (Phi) is 9.06. The summed E-state index contributed by atoms with van der Waals surface area (Å²) in [5.41, 5.74) is 0.395. The van der Waals surface area contributed by atoms with Gasteiger partial charge >= 0.3 is 0 Å². The molecule has 0 amide bonds. The van der Waals surface area contributed by atoms with Gasteiger partial charge in [-0.2, -0.15) is 0 Å². The van der Waals surface area contributed by atoms with E-state index in [9.17, 15) is 25.1 Å². The molecule has 1 aliphatic heterocycles. The third kappa shape index (κ3) is 5.75. The number of ketones is 1. The van der Waals surface area contributed by atoms with Crippen LogP contribution in [0.2, 0.25) is 0 Å². The van der Waals surface area contributed by atoms with Gasteiger partial charge in [0, 0.05) is 29.1 Å². The van der Waals surface area contributed by atoms with Crippen LogP contribution in [0.1, 0.15) is 112 Å². The summed E-state index contributed by atoms with van der Waals surface area (Å²) in [6.45, 7) is 12.8. The van der Waals surface area contributed by atoms with Crippen molar-refractivity contribution in [2.75, 3.05) is 6.61 Å². The van der Waals surface area contributed by atoms with Crippen LogP contribution in [0.4, 0.5) is 0 Å². The second-order valence-corrected chi connectivity index (χ2v) is 15.8. The van der Waals surface area contributed by atoms with Gasteiger partial charge in [-0.1, -0.05) is 52.2 Å². The van der Waals surface area contributed by atoms with Crippen LogP contribution in [0.15, 0.2) is 11.6 Å². The first-order valence-electron chi connectivity index (χ1n) is 16.7. The minimum absolute atomic E-state index is 0.0435. The standard InChI is InChI=1S/C34H55NO7/c1-20(8-7-15-32(3,4)38)25-11-12-27-28-10-9-24-21(2)29(42-31-17-22(35(39)40)16-23(19-36)41-31)14-13-26(24)34(28,6)30(37)18-33(25,27)5/h9,20-23,25-29,31,36,38H,7-8,10-19H2,1-6H3/t20-,21-,22+,23+,25?,26?,27?,28?,29+,31+,33-,34+/m1/s1. The number of nitrogens with zero attached hydrogens (tertiary/aromatic N) is 1. The summed E-state index contributed by atoms with van der Waals surface area (Å²) >= 11 is 0. The summed E-state index contributed by atoms with van der Waals surface area (Å²) in [5, 5.41) is 31.3. The average Bonchev–Trinajstić information content (AvgIpc) is 3.25. The third-order valence-corrected chi connectivity index (χ3v) is 12.7. The number of nitro groups is 1. The van der Waals surface area contributed by atoms with Crippen LogP contribution < -0.4 is 0 Å². The molecule has 3 saturated carbocycles. The van der Waals surface area contributed by atoms with Crippen molar-refractivity contribution in [1.29, 1.82) is 0 Å². The molecule has 12 atom stereocenters. The first-order valence-corrected chi connectivity index (χ1v) is 16.7. The highest BCUT2D eigenvalue weighted by atomic mass is 16.7. The van der Waals surface area contributed by atoms with E-state index in [1.165, 1.54) is 18.4 Å². The van der Waals surface area contributed by atoms with Crippen molar-refractivity contribution >= 4 is 5.78 Å². The van der Waals surface area contributed by atoms with E-state index in [0.29, 0.717) is 35.9 Å². The Morgan fingerprint density at radius 1 is 1.19 bits per heavy atom. The molecule has 238 valence electrons. The summed E-state index contributed by atoms with van der Waals surface area (Å²) in [4.78, 5) is 25.6. The molecule has 5 aliphatic rings. The highest BCUT2D eigenvalue weighted by molar-refractivity contribution is 5.88. The number of fused-ring (bicyclic) bond motifs is 5. The zero-order valence-electron chi connectivity index (χ0n) is 26.7. The van der Waals surface area contributed by atoms with Gasteiger partial charge in [-0.3, -0.25) is 14.9 Å². The smallest absolute Gasteiger partial charge is 0.220 e. The Labute approximate surface area is 252 Å². The lowest BCUT2D eigenvalue weighted by atomic mass is 9.44. The number of allylic oxidation sites excluding steroid dienone is 1. The Bertz CT molecular complexity index is 1050. The van der Waals surface area contributed by atoms with E-state index in [1.54, 1.807) is 0 Å². The molecule has 4 fully saturated rings. The van der Waals surface area contributed by atoms with Gasteiger partial charge in [-0.25, -0.2) is 0 Å². The summed E-state index contributed by atoms with van der Waals surface area (Å²) in [7, 11) is 0. The van der Waals surface area contributed by atoms with Crippen molar-refractivity contribution in [2.45, 2.75) is 142 Å². The number of aliphatic hydroxyl groups is 2. The quantitative estimate of drug-likeness (QED) is 0.190. The SMILES string of the molecule is C[C@H](CCCC(C)(C)O)C1CCC2C3CC=C4C(CC[C@H](O[C@H]5C[C@@H]([N+](=O)[O-])C[C@@H](CO)O5)[C@@H]4C)[C@]3(C)C(=O)C[C@@]21C. The minimum atomic E-state index is -0.769. The van der Waals surface area contributed by atoms with Crippen molar-refractivity contribution in [1.82, 2.24) is 0 Å². The largest absolute Gasteiger partial charge is 0.394 e. The molecule has 2 N–H and O–H groups in total. The highest BCUT2D eigenvalue weighted by Gasteiger charge is 2.65. The first-order chi connectivity index (χ1) is 19.7. The van der Waals surface area contributed by atoms with Crippen molar-refractivity contribution < 1.29 is 29.4 Å². The zero-order chi connectivity index (χ0) is 30.6. The molecule has 1 heterocycles. The van der Waals surface area contributed by atoms with E-state index in [2.05, 4.69) is 33.8 Å². The second kappa shape index (κ2) is 11.9. The molecule has 8 nitrogen and oxygen atoms in total. The Morgan fingerprint density at radius 2 is 1.93 bits per heavy atom. The average molecular weight is 590 g/mol. The van der Waals surface area contributed by atoms with Crippen molar-refractivity contribution in [2.24, 2.45) is 46.3 Å². The van der Waals surface area contributed by atoms with Gasteiger partial charge in [0.1, 0.15) is 5.78 Å². The van der Waals surface area contributed by atoms with Gasteiger partial charge in [0.15, 0.2) is 6.29 Å². The molecule has 0 aromatic carbocycles. The van der Waals surface area contributed by atoms with E-state index >= 15 is 0 Å². The minimum Gasteiger partial charge on any atom is -0.394 e. The van der Waals surface area contributed by atoms with E-state index in [0.717, 1.165) is 38.5 Å². The van der Waals surface area contributed by atoms with E-state index in [-0.39, 0.29) is 53.1 Å². The fourth-order valence-electron chi connectivity index (χ4n) is 10.5. The molecule has 0 bridgehead atoms. The lowest BCUT2D eigenvalue weighted by Crippen LogP contribution is -2.58. The number of aliphatic hydroxyl groups excluding tert-OH is 1. The maximum absolute atomic E-state index is 14.3. The molecular formula is C34H55NO7. The fraction of sp³-hybridized carbons (Fsp3) is 0.912. The summed E-state index contributed by atoms with van der Waals surface area (Å²) in [6, 6.07) is -0.769. The van der Waals surface area contributed by atoms with E-state index in [1.807, 2.05) is 13.8 Å². The third-order valence-electron chi connectivity index (χ3n) is 12.7. The molecule has 42 heavy (non-hydrogen) atoms. The number of carbonyl (C=O) groups excluding carboxylic acids is 1. The van der Waals surface area contributed by atoms with Gasteiger partial charge in [-0.05, 0) is 87.4 Å². The Hall–Kier alpha value is -1.35. The number of ether oxygens (including phenoxy) is 2. The van der Waals surface area contributed by atoms with Crippen molar-refractivity contribution in [3.05, 3.63) is 21.8 Å². The van der Waals surface area contributed by atoms with Crippen molar-refractivity contribution in [3.63, 3.8) is 0 Å². The molecule has 1 saturated heterocycles. The molecule has 0 aromatic heterocycles. The lowest BCUT2D eigenvalue weighted by Gasteiger charge is -2.59. The normalized spacial score (nSPS) is 44.5.